The van der Waals surface area contributed by atoms with E-state index < -0.39 is 0 Å². The van der Waals surface area contributed by atoms with Crippen molar-refractivity contribution in [2.75, 3.05) is 49.1 Å². The summed E-state index contributed by atoms with van der Waals surface area (Å²) < 4.78 is 5.39. The second-order valence-corrected chi connectivity index (χ2v) is 26.5. The number of unbranched alkanes of at least 4 members (excludes halogenated alkanes) is 1. The Labute approximate surface area is 431 Å². The van der Waals surface area contributed by atoms with Crippen LogP contribution < -0.4 is 9.80 Å². The van der Waals surface area contributed by atoms with Crippen LogP contribution >= 0.6 is 0 Å². The standard InChI is InChI=1S/C68H80N4/c1-63(2)31-37-69-38-32-64(3,4)52-42-45(41-51(63)61(52)69)23-29-57-67(9,10)59-49-21-15-13-19-47(49)25-27-55(59)71(57)35-17-18-36-72-56-28-26-48-20-14-16-22-50(48)60(56)68(11,12)58(72)30-24-46-43-53-62-54(44-46)66(7,8)34-40-70(62)39-33-65(53,5)6/h13-16,19-30,41-44H,17-18,31-40H2,1-12H3/q+2. The van der Waals surface area contributed by atoms with E-state index in [0.29, 0.717) is 0 Å². The van der Waals surface area contributed by atoms with Crippen molar-refractivity contribution in [1.82, 2.24) is 0 Å². The Morgan fingerprint density at radius 1 is 0.417 bits per heavy atom. The summed E-state index contributed by atoms with van der Waals surface area (Å²) in [4.78, 5) is 5.38. The van der Waals surface area contributed by atoms with Crippen molar-refractivity contribution >= 4 is 67.9 Å². The highest BCUT2D eigenvalue weighted by Crippen LogP contribution is 2.52. The smallest absolute Gasteiger partial charge is 0.210 e. The average Bonchev–Trinajstić information content (AvgIpc) is 3.70. The first-order valence-corrected chi connectivity index (χ1v) is 27.8. The van der Waals surface area contributed by atoms with Crippen LogP contribution in [0.25, 0.3) is 33.7 Å². The van der Waals surface area contributed by atoms with Gasteiger partial charge in [-0.1, -0.05) is 104 Å². The lowest BCUT2D eigenvalue weighted by molar-refractivity contribution is -0.451. The molecule has 0 amide bonds. The predicted molar refractivity (Wildman–Crippen MR) is 309 cm³/mol. The molecule has 0 aliphatic carbocycles. The van der Waals surface area contributed by atoms with Gasteiger partial charge < -0.3 is 9.80 Å². The highest BCUT2D eigenvalue weighted by atomic mass is 15.2. The minimum absolute atomic E-state index is 0.150. The predicted octanol–water partition coefficient (Wildman–Crippen LogP) is 16.0. The molecule has 0 spiro atoms. The van der Waals surface area contributed by atoms with E-state index >= 15 is 0 Å². The second kappa shape index (κ2) is 16.4. The normalized spacial score (nSPS) is 21.5. The highest BCUT2D eigenvalue weighted by molar-refractivity contribution is 6.10. The minimum Gasteiger partial charge on any atom is -0.371 e. The molecule has 6 heterocycles. The zero-order chi connectivity index (χ0) is 50.3. The molecule has 6 aromatic carbocycles. The lowest BCUT2D eigenvalue weighted by Crippen LogP contribution is -2.44. The first kappa shape index (κ1) is 47.3. The van der Waals surface area contributed by atoms with E-state index in [1.54, 1.807) is 0 Å². The number of rotatable bonds is 9. The summed E-state index contributed by atoms with van der Waals surface area (Å²) in [7, 11) is 0. The van der Waals surface area contributed by atoms with E-state index in [1.165, 1.54) is 126 Å². The monoisotopic (exact) mass is 953 g/mol. The Balaban J connectivity index is 0.916. The minimum atomic E-state index is -0.174. The van der Waals surface area contributed by atoms with Crippen LogP contribution in [0.15, 0.2) is 109 Å². The van der Waals surface area contributed by atoms with Gasteiger partial charge in [0.05, 0.1) is 10.8 Å². The first-order chi connectivity index (χ1) is 34.2. The van der Waals surface area contributed by atoms with Crippen LogP contribution in [0.5, 0.6) is 0 Å². The van der Waals surface area contributed by atoms with Crippen LogP contribution in [-0.4, -0.2) is 59.8 Å². The summed E-state index contributed by atoms with van der Waals surface area (Å²) in [5.74, 6) is 0. The molecule has 6 aliphatic heterocycles. The average molecular weight is 953 g/mol. The Bertz CT molecular complexity index is 3070. The number of anilines is 2. The van der Waals surface area contributed by atoms with Crippen molar-refractivity contribution in [2.24, 2.45) is 0 Å². The van der Waals surface area contributed by atoms with Crippen LogP contribution in [0, 0.1) is 0 Å². The van der Waals surface area contributed by atoms with E-state index in [9.17, 15) is 0 Å². The maximum atomic E-state index is 2.70. The topological polar surface area (TPSA) is 12.5 Å². The summed E-state index contributed by atoms with van der Waals surface area (Å²) in [6, 6.07) is 37.8. The van der Waals surface area contributed by atoms with Gasteiger partial charge in [0.1, 0.15) is 13.1 Å². The molecular weight excluding hydrogens is 873 g/mol. The molecule has 72 heavy (non-hydrogen) atoms. The van der Waals surface area contributed by atoms with Gasteiger partial charge in [0.15, 0.2) is 11.4 Å². The molecule has 0 unspecified atom stereocenters. The van der Waals surface area contributed by atoms with Crippen LogP contribution in [0.3, 0.4) is 0 Å². The third kappa shape index (κ3) is 7.33. The number of allylic oxidation sites excluding steroid dienone is 2. The number of nitrogens with zero attached hydrogens (tertiary/aromatic N) is 4. The van der Waals surface area contributed by atoms with Crippen molar-refractivity contribution < 1.29 is 9.15 Å². The lowest BCUT2D eigenvalue weighted by atomic mass is 9.69. The van der Waals surface area contributed by atoms with E-state index in [-0.39, 0.29) is 32.5 Å². The van der Waals surface area contributed by atoms with E-state index in [4.69, 9.17) is 0 Å². The largest absolute Gasteiger partial charge is 0.371 e. The third-order valence-corrected chi connectivity index (χ3v) is 19.2. The van der Waals surface area contributed by atoms with E-state index in [0.717, 1.165) is 52.1 Å². The van der Waals surface area contributed by atoms with Crippen molar-refractivity contribution in [3.8, 4) is 0 Å². The molecule has 4 heteroatoms. The fourth-order valence-electron chi connectivity index (χ4n) is 14.6. The van der Waals surface area contributed by atoms with E-state index in [2.05, 4.69) is 223 Å². The molecule has 0 saturated heterocycles. The molecule has 370 valence electrons. The molecule has 0 N–H and O–H groups in total. The van der Waals surface area contributed by atoms with Crippen LogP contribution in [-0.2, 0) is 32.5 Å². The molecular formula is C68H80N4+2. The maximum absolute atomic E-state index is 2.70. The van der Waals surface area contributed by atoms with Crippen LogP contribution in [0.2, 0.25) is 0 Å². The Hall–Kier alpha value is -5.74. The quantitative estimate of drug-likeness (QED) is 0.106. The van der Waals surface area contributed by atoms with Gasteiger partial charge in [-0.25, -0.2) is 0 Å². The summed E-state index contributed by atoms with van der Waals surface area (Å²) >= 11 is 0. The van der Waals surface area contributed by atoms with Crippen LogP contribution in [0.1, 0.15) is 166 Å². The highest BCUT2D eigenvalue weighted by Gasteiger charge is 2.48. The van der Waals surface area contributed by atoms with Gasteiger partial charge in [0, 0.05) is 85.8 Å². The molecule has 0 aromatic heterocycles. The molecule has 12 rings (SSSR count). The molecule has 0 fully saturated rings. The molecule has 0 radical (unpaired) electrons. The number of fused-ring (bicyclic) bond motifs is 6. The van der Waals surface area contributed by atoms with Crippen LogP contribution in [0.4, 0.5) is 22.7 Å². The second-order valence-electron chi connectivity index (χ2n) is 26.5. The van der Waals surface area contributed by atoms with Gasteiger partial charge in [0.2, 0.25) is 11.4 Å². The van der Waals surface area contributed by atoms with Gasteiger partial charge in [-0.2, -0.15) is 9.15 Å². The molecule has 0 atom stereocenters. The molecule has 0 saturated carbocycles. The van der Waals surface area contributed by atoms with Crippen molar-refractivity contribution in [3.63, 3.8) is 0 Å². The summed E-state index contributed by atoms with van der Waals surface area (Å²) in [5.41, 5.74) is 20.5. The van der Waals surface area contributed by atoms with Gasteiger partial charge >= 0.3 is 0 Å². The fraction of sp³-hybridized carbons (Fsp3) is 0.441. The zero-order valence-electron chi connectivity index (χ0n) is 45.8. The molecule has 0 bridgehead atoms. The summed E-state index contributed by atoms with van der Waals surface area (Å²) in [6.45, 7) is 36.2. The fourth-order valence-corrected chi connectivity index (χ4v) is 14.6. The SMILES string of the molecule is CC1(C)CCN2CCC(C)(C)c3cc(/C=C/C4=[N+](CCCC[N+]5=C(/C=C/c6cc7c8c(c6)C(C)(C)CCN8CCC7(C)C)C(C)(C)c6c5ccc5ccccc65)c5ccc6ccccc6c5C4(C)C)cc1c32. The third-order valence-electron chi connectivity index (χ3n) is 19.2. The number of hydrogen-bond donors (Lipinski definition) is 0. The first-order valence-electron chi connectivity index (χ1n) is 27.8. The zero-order valence-corrected chi connectivity index (χ0v) is 45.8. The van der Waals surface area contributed by atoms with Gasteiger partial charge in [0.25, 0.3) is 0 Å². The lowest BCUT2D eigenvalue weighted by Gasteiger charge is -2.48. The Kier molecular flexibility index (Phi) is 10.8. The molecule has 6 aromatic rings. The van der Waals surface area contributed by atoms with Crippen molar-refractivity contribution in [1.29, 1.82) is 0 Å². The Morgan fingerprint density at radius 2 is 0.750 bits per heavy atom. The summed E-state index contributed by atoms with van der Waals surface area (Å²) in [5, 5.41) is 5.38. The molecule has 4 nitrogen and oxygen atoms in total. The Morgan fingerprint density at radius 3 is 1.10 bits per heavy atom. The van der Waals surface area contributed by atoms with Gasteiger partial charge in [-0.3, -0.25) is 0 Å². The number of hydrogen-bond acceptors (Lipinski definition) is 2. The van der Waals surface area contributed by atoms with Gasteiger partial charge in [-0.15, -0.1) is 0 Å². The molecule has 6 aliphatic rings. The van der Waals surface area contributed by atoms with Crippen molar-refractivity contribution in [3.05, 3.63) is 154 Å². The van der Waals surface area contributed by atoms with Crippen molar-refractivity contribution in [2.45, 2.75) is 154 Å². The van der Waals surface area contributed by atoms with Gasteiger partial charge in [-0.05, 0) is 179 Å². The maximum Gasteiger partial charge on any atom is 0.210 e. The number of benzene rings is 6. The summed E-state index contributed by atoms with van der Waals surface area (Å²) in [6.07, 6.45) is 16.9. The van der Waals surface area contributed by atoms with E-state index in [1.807, 2.05) is 0 Å².